The fraction of sp³-hybridized carbons (Fsp3) is 0.500. The van der Waals surface area contributed by atoms with Gasteiger partial charge >= 0.3 is 0 Å². The van der Waals surface area contributed by atoms with Gasteiger partial charge < -0.3 is 10.6 Å². The molecule has 0 bridgehead atoms. The number of benzene rings is 1. The van der Waals surface area contributed by atoms with Gasteiger partial charge in [-0.2, -0.15) is 4.31 Å². The fourth-order valence-electron chi connectivity index (χ4n) is 2.76. The predicted molar refractivity (Wildman–Crippen MR) is 91.8 cm³/mol. The number of amides is 1. The lowest BCUT2D eigenvalue weighted by Crippen LogP contribution is -2.55. The number of hydrogen-bond acceptors (Lipinski definition) is 6. The van der Waals surface area contributed by atoms with Crippen molar-refractivity contribution in [2.24, 2.45) is 5.73 Å². The fourth-order valence-corrected chi connectivity index (χ4v) is 4.34. The summed E-state index contributed by atoms with van der Waals surface area (Å²) in [6.07, 6.45) is 1.31. The molecule has 138 valence electrons. The van der Waals surface area contributed by atoms with E-state index in [-0.39, 0.29) is 49.4 Å². The largest absolute Gasteiger partial charge is 0.338 e. The number of rotatable bonds is 4. The summed E-state index contributed by atoms with van der Waals surface area (Å²) in [5.74, 6) is -0.148. The van der Waals surface area contributed by atoms with Gasteiger partial charge in [0.15, 0.2) is 4.90 Å². The van der Waals surface area contributed by atoms with Gasteiger partial charge in [0.2, 0.25) is 15.9 Å². The van der Waals surface area contributed by atoms with E-state index in [1.807, 2.05) is 0 Å². The standard InChI is InChI=1S/C14H18N4O5S.ClH/c15-14(5-6-14)13(19)16-7-9-17(10-8-16)24(22,23)12-4-2-1-3-11(12)18(20)21;/h1-4H,5-10,15H2;1H. The summed E-state index contributed by atoms with van der Waals surface area (Å²) in [4.78, 5) is 23.8. The Kier molecular flexibility index (Phi) is 5.38. The van der Waals surface area contributed by atoms with Crippen molar-refractivity contribution in [3.05, 3.63) is 34.4 Å². The summed E-state index contributed by atoms with van der Waals surface area (Å²) in [7, 11) is -3.98. The number of piperazine rings is 1. The minimum absolute atomic E-state index is 0. The van der Waals surface area contributed by atoms with E-state index in [4.69, 9.17) is 5.73 Å². The number of nitro groups is 1. The van der Waals surface area contributed by atoms with Crippen molar-refractivity contribution in [1.29, 1.82) is 0 Å². The molecule has 0 radical (unpaired) electrons. The van der Waals surface area contributed by atoms with E-state index in [0.29, 0.717) is 12.8 Å². The summed E-state index contributed by atoms with van der Waals surface area (Å²) in [6.45, 7) is 0.654. The zero-order valence-corrected chi connectivity index (χ0v) is 15.0. The number of para-hydroxylation sites is 1. The van der Waals surface area contributed by atoms with Crippen LogP contribution in [0.25, 0.3) is 0 Å². The second-order valence-corrected chi connectivity index (χ2v) is 7.98. The van der Waals surface area contributed by atoms with E-state index in [9.17, 15) is 23.3 Å². The van der Waals surface area contributed by atoms with Crippen LogP contribution in [0.2, 0.25) is 0 Å². The molecule has 9 nitrogen and oxygen atoms in total. The monoisotopic (exact) mass is 390 g/mol. The minimum atomic E-state index is -3.98. The zero-order chi connectivity index (χ0) is 17.5. The van der Waals surface area contributed by atoms with Gasteiger partial charge in [0, 0.05) is 32.2 Å². The van der Waals surface area contributed by atoms with Crippen LogP contribution in [0.5, 0.6) is 0 Å². The predicted octanol–water partition coefficient (Wildman–Crippen LogP) is 0.341. The Morgan fingerprint density at radius 3 is 2.24 bits per heavy atom. The van der Waals surface area contributed by atoms with Crippen LogP contribution in [0.4, 0.5) is 5.69 Å². The van der Waals surface area contributed by atoms with Gasteiger partial charge in [-0.05, 0) is 18.9 Å². The summed E-state index contributed by atoms with van der Waals surface area (Å²) in [6, 6.07) is 5.26. The van der Waals surface area contributed by atoms with Crippen molar-refractivity contribution in [2.45, 2.75) is 23.3 Å². The van der Waals surface area contributed by atoms with Crippen molar-refractivity contribution in [3.8, 4) is 0 Å². The quantitative estimate of drug-likeness (QED) is 0.583. The van der Waals surface area contributed by atoms with Crippen molar-refractivity contribution in [1.82, 2.24) is 9.21 Å². The Morgan fingerprint density at radius 2 is 1.72 bits per heavy atom. The van der Waals surface area contributed by atoms with Gasteiger partial charge in [0.05, 0.1) is 10.5 Å². The first-order valence-corrected chi connectivity index (χ1v) is 9.01. The molecule has 1 aromatic carbocycles. The maximum Gasteiger partial charge on any atom is 0.289 e. The summed E-state index contributed by atoms with van der Waals surface area (Å²) >= 11 is 0. The second kappa shape index (κ2) is 6.87. The molecule has 1 amide bonds. The summed E-state index contributed by atoms with van der Waals surface area (Å²) in [5, 5.41) is 11.1. The normalized spacial score (nSPS) is 19.8. The molecule has 1 saturated carbocycles. The molecule has 1 aromatic rings. The van der Waals surface area contributed by atoms with Crippen LogP contribution in [0, 0.1) is 10.1 Å². The first-order valence-electron chi connectivity index (χ1n) is 7.57. The van der Waals surface area contributed by atoms with Gasteiger partial charge in [-0.25, -0.2) is 8.42 Å². The van der Waals surface area contributed by atoms with E-state index in [0.717, 1.165) is 6.07 Å². The van der Waals surface area contributed by atoms with Gasteiger partial charge in [-0.1, -0.05) is 12.1 Å². The van der Waals surface area contributed by atoms with Gasteiger partial charge in [0.1, 0.15) is 0 Å². The van der Waals surface area contributed by atoms with Crippen molar-refractivity contribution >= 4 is 34.0 Å². The highest BCUT2D eigenvalue weighted by Crippen LogP contribution is 2.34. The molecule has 3 rings (SSSR count). The van der Waals surface area contributed by atoms with Crippen LogP contribution in [0.1, 0.15) is 12.8 Å². The first-order chi connectivity index (χ1) is 11.3. The molecule has 1 aliphatic heterocycles. The molecule has 1 aliphatic carbocycles. The van der Waals surface area contributed by atoms with E-state index in [1.165, 1.54) is 22.5 Å². The smallest absolute Gasteiger partial charge is 0.289 e. The number of sulfonamides is 1. The third-order valence-electron chi connectivity index (χ3n) is 4.42. The third kappa shape index (κ3) is 3.61. The molecule has 0 atom stereocenters. The number of carbonyl (C=O) groups is 1. The van der Waals surface area contributed by atoms with Crippen LogP contribution < -0.4 is 5.73 Å². The van der Waals surface area contributed by atoms with E-state index >= 15 is 0 Å². The van der Waals surface area contributed by atoms with Crippen LogP contribution >= 0.6 is 12.4 Å². The number of nitro benzene ring substituents is 1. The zero-order valence-electron chi connectivity index (χ0n) is 13.3. The molecule has 1 heterocycles. The Balaban J connectivity index is 0.00000225. The Labute approximate surface area is 151 Å². The van der Waals surface area contributed by atoms with Gasteiger partial charge in [-0.15, -0.1) is 12.4 Å². The van der Waals surface area contributed by atoms with Gasteiger partial charge in [0.25, 0.3) is 5.69 Å². The first kappa shape index (κ1) is 19.6. The average Bonchev–Trinajstić information content (AvgIpc) is 3.33. The van der Waals surface area contributed by atoms with Crippen LogP contribution in [-0.2, 0) is 14.8 Å². The van der Waals surface area contributed by atoms with Crippen molar-refractivity contribution in [3.63, 3.8) is 0 Å². The number of carbonyl (C=O) groups excluding carboxylic acids is 1. The van der Waals surface area contributed by atoms with Crippen molar-refractivity contribution < 1.29 is 18.1 Å². The number of halogens is 1. The molecular formula is C14H19ClN4O5S. The highest BCUT2D eigenvalue weighted by atomic mass is 35.5. The maximum absolute atomic E-state index is 12.7. The molecule has 0 spiro atoms. The summed E-state index contributed by atoms with van der Waals surface area (Å²) in [5.41, 5.74) is 4.66. The second-order valence-electron chi connectivity index (χ2n) is 6.08. The molecular weight excluding hydrogens is 372 g/mol. The molecule has 0 unspecified atom stereocenters. The van der Waals surface area contributed by atoms with E-state index in [2.05, 4.69) is 0 Å². The van der Waals surface area contributed by atoms with Crippen LogP contribution in [0.3, 0.4) is 0 Å². The van der Waals surface area contributed by atoms with E-state index < -0.39 is 26.2 Å². The maximum atomic E-state index is 12.7. The average molecular weight is 391 g/mol. The Hall–Kier alpha value is -1.75. The topological polar surface area (TPSA) is 127 Å². The highest BCUT2D eigenvalue weighted by Gasteiger charge is 2.49. The number of hydrogen-bond donors (Lipinski definition) is 1. The SMILES string of the molecule is Cl.NC1(C(=O)N2CCN(S(=O)(=O)c3ccccc3[N+](=O)[O-])CC2)CC1. The number of nitrogens with zero attached hydrogens (tertiary/aromatic N) is 3. The molecule has 1 saturated heterocycles. The molecule has 2 N–H and O–H groups in total. The summed E-state index contributed by atoms with van der Waals surface area (Å²) < 4.78 is 26.6. The number of nitrogens with two attached hydrogens (primary N) is 1. The van der Waals surface area contributed by atoms with Crippen LogP contribution in [0.15, 0.2) is 29.2 Å². The highest BCUT2D eigenvalue weighted by molar-refractivity contribution is 7.89. The lowest BCUT2D eigenvalue weighted by molar-refractivity contribution is -0.387. The van der Waals surface area contributed by atoms with Gasteiger partial charge in [-0.3, -0.25) is 14.9 Å². The lowest BCUT2D eigenvalue weighted by Gasteiger charge is -2.35. The molecule has 11 heteroatoms. The van der Waals surface area contributed by atoms with E-state index in [1.54, 1.807) is 4.90 Å². The lowest BCUT2D eigenvalue weighted by atomic mass is 10.2. The Morgan fingerprint density at radius 1 is 1.16 bits per heavy atom. The molecule has 2 fully saturated rings. The van der Waals surface area contributed by atoms with Crippen LogP contribution in [-0.4, -0.2) is 60.2 Å². The third-order valence-corrected chi connectivity index (χ3v) is 6.37. The Bertz CT molecular complexity index is 788. The van der Waals surface area contributed by atoms with Crippen molar-refractivity contribution in [2.75, 3.05) is 26.2 Å². The molecule has 0 aromatic heterocycles. The molecule has 25 heavy (non-hydrogen) atoms. The minimum Gasteiger partial charge on any atom is -0.338 e. The molecule has 2 aliphatic rings.